The maximum Gasteiger partial charge on any atom is 0.217 e. The molecule has 4 amide bonds. The van der Waals surface area contributed by atoms with Gasteiger partial charge in [-0.25, -0.2) is 0 Å². The zero-order valence-corrected chi connectivity index (χ0v) is 68.9. The molecule has 0 radical (unpaired) electrons. The van der Waals surface area contributed by atoms with Crippen LogP contribution in [0.15, 0.2) is 0 Å². The van der Waals surface area contributed by atoms with Crippen LogP contribution in [0.2, 0.25) is 0 Å². The van der Waals surface area contributed by atoms with Crippen LogP contribution in [0.4, 0.5) is 0 Å². The maximum atomic E-state index is 13.5. The van der Waals surface area contributed by atoms with Crippen molar-refractivity contribution in [1.29, 1.82) is 0 Å². The zero-order valence-electron chi connectivity index (χ0n) is 68.9. The van der Waals surface area contributed by atoms with Crippen molar-refractivity contribution < 1.29 is 251 Å². The molecule has 0 bridgehead atoms. The van der Waals surface area contributed by atoms with E-state index >= 15 is 0 Å². The quantitative estimate of drug-likeness (QED) is 0.0272. The van der Waals surface area contributed by atoms with Gasteiger partial charge in [0.2, 0.25) is 23.6 Å². The highest BCUT2D eigenvalue weighted by atomic mass is 16.8. The Morgan fingerprint density at radius 1 is 0.286 bits per heavy atom. The smallest absolute Gasteiger partial charge is 0.217 e. The molecule has 732 valence electrons. The van der Waals surface area contributed by atoms with Gasteiger partial charge in [0.1, 0.15) is 238 Å². The van der Waals surface area contributed by atoms with Gasteiger partial charge in [-0.2, -0.15) is 0 Å². The number of rotatable bonds is 39. The van der Waals surface area contributed by atoms with Gasteiger partial charge in [0.15, 0.2) is 56.6 Å². The lowest BCUT2D eigenvalue weighted by Crippen LogP contribution is -2.71. The number of nitrogens with one attached hydrogen (secondary N) is 4. The van der Waals surface area contributed by atoms with Crippen molar-refractivity contribution in [3.05, 3.63) is 0 Å². The molecular formula is C71H122N4O51. The van der Waals surface area contributed by atoms with Gasteiger partial charge < -0.3 is 254 Å². The molecule has 9 rings (SSSR count). The highest BCUT2D eigenvalue weighted by Crippen LogP contribution is 2.40. The Labute approximate surface area is 716 Å². The summed E-state index contributed by atoms with van der Waals surface area (Å²) in [5.74, 6) is -3.78. The first-order valence-electron chi connectivity index (χ1n) is 40.2. The molecule has 49 atom stereocenters. The summed E-state index contributed by atoms with van der Waals surface area (Å²) in [6, 6.07) is -7.68. The van der Waals surface area contributed by atoms with E-state index < -0.39 is 397 Å². The summed E-state index contributed by atoms with van der Waals surface area (Å²) in [5, 5.41) is 301. The minimum absolute atomic E-state index is 0.789. The van der Waals surface area contributed by atoms with Gasteiger partial charge >= 0.3 is 0 Å². The van der Waals surface area contributed by atoms with Gasteiger partial charge in [0.25, 0.3) is 0 Å². The summed E-state index contributed by atoms with van der Waals surface area (Å²) in [5.41, 5.74) is 0. The normalized spacial score (nSPS) is 45.9. The topological polar surface area (TPSA) is 836 Å². The zero-order chi connectivity index (χ0) is 93.1. The van der Waals surface area contributed by atoms with E-state index in [2.05, 4.69) is 21.3 Å². The second-order valence-corrected chi connectivity index (χ2v) is 31.4. The summed E-state index contributed by atoms with van der Waals surface area (Å²) in [6.07, 6.45) is -90.9. The van der Waals surface area contributed by atoms with Crippen LogP contribution < -0.4 is 21.3 Å². The molecule has 0 aromatic carbocycles. The van der Waals surface area contributed by atoms with E-state index in [0.717, 1.165) is 49.0 Å². The van der Waals surface area contributed by atoms with E-state index in [4.69, 9.17) is 99.5 Å². The van der Waals surface area contributed by atoms with Crippen LogP contribution in [0, 0.1) is 0 Å². The Balaban J connectivity index is 1.04. The van der Waals surface area contributed by atoms with Crippen LogP contribution in [-0.2, 0) is 119 Å². The van der Waals surface area contributed by atoms with E-state index in [1.807, 2.05) is 0 Å². The average Bonchev–Trinajstić information content (AvgIpc) is 0.763. The maximum absolute atomic E-state index is 13.5. The number of carbonyl (C=O) groups is 4. The lowest BCUT2D eigenvalue weighted by molar-refractivity contribution is -0.397. The molecule has 0 spiro atoms. The first-order valence-corrected chi connectivity index (χ1v) is 40.2. The summed E-state index contributed by atoms with van der Waals surface area (Å²) in [6.45, 7) is -7.61. The Kier molecular flexibility index (Phi) is 40.1. The van der Waals surface area contributed by atoms with Crippen molar-refractivity contribution in [3.63, 3.8) is 0 Å². The Morgan fingerprint density at radius 2 is 0.595 bits per heavy atom. The van der Waals surface area contributed by atoms with Crippen LogP contribution in [-0.4, -0.2) is 551 Å². The lowest BCUT2D eigenvalue weighted by atomic mass is 9.93. The van der Waals surface area contributed by atoms with Crippen LogP contribution in [0.3, 0.4) is 0 Å². The molecule has 55 nitrogen and oxygen atoms in total. The monoisotopic (exact) mass is 1850 g/mol. The summed E-state index contributed by atoms with van der Waals surface area (Å²) in [7, 11) is 3.28. The van der Waals surface area contributed by atoms with Crippen molar-refractivity contribution in [2.75, 3.05) is 94.0 Å². The van der Waals surface area contributed by atoms with Gasteiger partial charge in [-0.15, -0.1) is 0 Å². The third-order valence-corrected chi connectivity index (χ3v) is 22.8. The summed E-state index contributed by atoms with van der Waals surface area (Å²) in [4.78, 5) is 52.0. The SMILES string of the molecule is CO[C@H]1[C@@H](O)[C@@H](CO)O[C@@H](OC[C@H]2O[C@@H](O[C@H]3[C@@H](O)[C@@H](CO[C@@H]4O[C@H](CO)[C@H](O)[C@H](OC)[C@H]4O)O[C@@H](O[C@H]4[C@H](O)[C@@H](NC(C)=O)[C@H](O[C@@H]5[C@@H](O[C@@H]6[C@H](O)[C@H](O[C@H]7[C@H](O)[C@@H](NC(C)=O)[C@H](O[C@@H]([C@H](O)[C@H](CO)NC(C)=O)[C@H](O)CO)O[C@@H]7CO)O[C@H](CO[C@H]7O[C@H](CO)[C@@H](O)[C@H](O)[C@@H]7O)[C@H]6O)O[C@H](CO)[C@@H](O)[C@@H]5O)O[C@@H]4CO)[C@@H]3NC(C)=O)[C@H](O)[C@@H](OC)[C@H]2O)[C@@H]1O. The third-order valence-electron chi connectivity index (χ3n) is 22.8. The molecule has 0 aliphatic carbocycles. The van der Waals surface area contributed by atoms with Gasteiger partial charge in [-0.1, -0.05) is 0 Å². The van der Waals surface area contributed by atoms with E-state index in [1.165, 1.54) is 0 Å². The number of aliphatic hydroxyl groups is 26. The molecule has 9 fully saturated rings. The minimum Gasteiger partial charge on any atom is -0.394 e. The van der Waals surface area contributed by atoms with Crippen molar-refractivity contribution in [2.24, 2.45) is 0 Å². The van der Waals surface area contributed by atoms with Crippen LogP contribution in [0.25, 0.3) is 0 Å². The number of hydrogen-bond donors (Lipinski definition) is 30. The Hall–Kier alpha value is -4.00. The van der Waals surface area contributed by atoms with Crippen LogP contribution in [0.1, 0.15) is 27.7 Å². The molecule has 0 aromatic rings. The molecule has 9 heterocycles. The van der Waals surface area contributed by atoms with E-state index in [0.29, 0.717) is 0 Å². The predicted octanol–water partition coefficient (Wildman–Crippen LogP) is -20.6. The van der Waals surface area contributed by atoms with Gasteiger partial charge in [-0.05, 0) is 0 Å². The van der Waals surface area contributed by atoms with Gasteiger partial charge in [0, 0.05) is 49.0 Å². The molecule has 0 unspecified atom stereocenters. The highest BCUT2D eigenvalue weighted by Gasteiger charge is 2.61. The molecule has 9 aliphatic rings. The molecule has 0 saturated carbocycles. The third kappa shape index (κ3) is 24.2. The van der Waals surface area contributed by atoms with Crippen molar-refractivity contribution in [3.8, 4) is 0 Å². The van der Waals surface area contributed by atoms with Crippen molar-refractivity contribution >= 4 is 23.6 Å². The van der Waals surface area contributed by atoms with Crippen molar-refractivity contribution in [2.45, 2.75) is 328 Å². The summed E-state index contributed by atoms with van der Waals surface area (Å²) < 4.78 is 124. The highest BCUT2D eigenvalue weighted by molar-refractivity contribution is 5.74. The largest absolute Gasteiger partial charge is 0.394 e. The molecule has 9 saturated heterocycles. The fourth-order valence-corrected chi connectivity index (χ4v) is 16.1. The molecule has 126 heavy (non-hydrogen) atoms. The number of carbonyl (C=O) groups excluding carboxylic acids is 4. The second kappa shape index (κ2) is 47.8. The first kappa shape index (κ1) is 106. The number of hydrogen-bond acceptors (Lipinski definition) is 51. The Morgan fingerprint density at radius 3 is 1.02 bits per heavy atom. The van der Waals surface area contributed by atoms with Gasteiger partial charge in [0.05, 0.1) is 78.7 Å². The summed E-state index contributed by atoms with van der Waals surface area (Å²) >= 11 is 0. The number of methoxy groups -OCH3 is 3. The van der Waals surface area contributed by atoms with Crippen LogP contribution >= 0.6 is 0 Å². The van der Waals surface area contributed by atoms with Crippen molar-refractivity contribution in [1.82, 2.24) is 21.3 Å². The number of ether oxygens (including phenoxy) is 21. The molecule has 9 aliphatic heterocycles. The fraction of sp³-hybridized carbons (Fsp3) is 0.944. The first-order chi connectivity index (χ1) is 59.7. The molecule has 55 heteroatoms. The molecule has 30 N–H and O–H groups in total. The molecule has 0 aromatic heterocycles. The lowest BCUT2D eigenvalue weighted by Gasteiger charge is -2.51. The van der Waals surface area contributed by atoms with E-state index in [-0.39, 0.29) is 0 Å². The number of amides is 4. The van der Waals surface area contributed by atoms with Crippen LogP contribution in [0.5, 0.6) is 0 Å². The standard InChI is InChI=1S/C71H122N4O51/c1-19(84)72-23(8-76)37(89)54(24(88)9-77)121-63-34(73-20(2)85)46(98)56(30(15-83)116-63)123-70-53(105)61(44(96)33(120-70)18-109-66-49(101)47(99)38(90)25(10-78)112-66)125-71-62(48(100)39(91)26(11-79)115-71)126-64-35(74-21(3)86)45(97)55(29(14-82)117-64)122-65-36(75-22(4)87)57(42(94)31(118-65)16-110-67-50(102)58(106-5)40(92)27(12-80)113-67)124-69-52(104)60(108-7)43(95)32(119-69)17-111-68-51(103)59(107-6)41(93)28(13-81)114-68/h23-71,76-83,88-105H,8-18H2,1-7H3,(H,72,84)(H,73,85)(H,74,86)(H,75,87)/t23-,24+,25+,26+,27+,28+,29+,30+,31+,32+,33+,34+,35+,36+,37+,38+,39+,40-,41-,42-,43-,44+,45+,46+,47-,48-,49-,50+,51+,52+,53-,54+,55+,56+,57+,58-,59-,60-,61-,62-,63-,64-,65-,66-,67+,68+,69-,70-,71+/m0/s1. The van der Waals surface area contributed by atoms with E-state index in [9.17, 15) is 152 Å². The van der Waals surface area contributed by atoms with Gasteiger partial charge in [-0.3, -0.25) is 19.2 Å². The predicted molar refractivity (Wildman–Crippen MR) is 393 cm³/mol. The second-order valence-electron chi connectivity index (χ2n) is 31.4. The number of aliphatic hydroxyl groups excluding tert-OH is 26. The Bertz CT molecular complexity index is 3310. The molecular weight excluding hydrogens is 1720 g/mol. The minimum atomic E-state index is -2.55. The fourth-order valence-electron chi connectivity index (χ4n) is 16.1. The average molecular weight is 1850 g/mol. The van der Waals surface area contributed by atoms with E-state index in [1.54, 1.807) is 0 Å².